The van der Waals surface area contributed by atoms with Gasteiger partial charge in [0.1, 0.15) is 5.69 Å². The molecule has 1 aliphatic rings. The SMILES string of the molecule is C=C(C)Cn1c(C(=O)NCC2CC2)cc2sc(C)cc21. The van der Waals surface area contributed by atoms with Gasteiger partial charge in [0.15, 0.2) is 0 Å². The molecule has 1 N–H and O–H groups in total. The average molecular weight is 288 g/mol. The van der Waals surface area contributed by atoms with E-state index in [9.17, 15) is 4.79 Å². The summed E-state index contributed by atoms with van der Waals surface area (Å²) in [5.74, 6) is 0.742. The van der Waals surface area contributed by atoms with E-state index in [-0.39, 0.29) is 5.91 Å². The smallest absolute Gasteiger partial charge is 0.267 e. The Morgan fingerprint density at radius 3 is 2.90 bits per heavy atom. The molecule has 0 bridgehead atoms. The van der Waals surface area contributed by atoms with Crippen LogP contribution in [0.15, 0.2) is 24.3 Å². The molecule has 0 atom stereocenters. The third-order valence-corrected chi connectivity index (χ3v) is 4.61. The molecule has 1 amide bonds. The summed E-state index contributed by atoms with van der Waals surface area (Å²) in [6.45, 7) is 9.59. The Morgan fingerprint density at radius 1 is 1.50 bits per heavy atom. The second kappa shape index (κ2) is 5.09. The zero-order valence-corrected chi connectivity index (χ0v) is 12.8. The molecule has 0 radical (unpaired) electrons. The summed E-state index contributed by atoms with van der Waals surface area (Å²) >= 11 is 1.74. The van der Waals surface area contributed by atoms with Crippen LogP contribution in [-0.2, 0) is 6.54 Å². The van der Waals surface area contributed by atoms with E-state index in [0.717, 1.165) is 23.3 Å². The first kappa shape index (κ1) is 13.4. The number of fused-ring (bicyclic) bond motifs is 1. The van der Waals surface area contributed by atoms with E-state index in [0.29, 0.717) is 12.5 Å². The standard InChI is InChI=1S/C16H20N2OS/c1-10(2)9-18-13-6-11(3)20-15(13)7-14(18)16(19)17-8-12-4-5-12/h6-7,12H,1,4-5,8-9H2,2-3H3,(H,17,19). The lowest BCUT2D eigenvalue weighted by molar-refractivity contribution is 0.0943. The number of amides is 1. The van der Waals surface area contributed by atoms with Crippen molar-refractivity contribution < 1.29 is 4.79 Å². The summed E-state index contributed by atoms with van der Waals surface area (Å²) in [4.78, 5) is 13.6. The fraction of sp³-hybridized carbons (Fsp3) is 0.438. The number of nitrogens with one attached hydrogen (secondary N) is 1. The van der Waals surface area contributed by atoms with Crippen LogP contribution in [0.2, 0.25) is 0 Å². The van der Waals surface area contributed by atoms with Crippen molar-refractivity contribution in [2.45, 2.75) is 33.2 Å². The number of hydrogen-bond acceptors (Lipinski definition) is 2. The van der Waals surface area contributed by atoms with Gasteiger partial charge >= 0.3 is 0 Å². The van der Waals surface area contributed by atoms with Crippen LogP contribution >= 0.6 is 11.3 Å². The quantitative estimate of drug-likeness (QED) is 0.836. The van der Waals surface area contributed by atoms with Gasteiger partial charge in [-0.3, -0.25) is 4.79 Å². The van der Waals surface area contributed by atoms with E-state index < -0.39 is 0 Å². The summed E-state index contributed by atoms with van der Waals surface area (Å²) in [7, 11) is 0. The molecule has 0 spiro atoms. The number of nitrogens with zero attached hydrogens (tertiary/aromatic N) is 1. The second-order valence-corrected chi connectivity index (χ2v) is 7.12. The Hall–Kier alpha value is -1.55. The number of aryl methyl sites for hydroxylation is 1. The van der Waals surface area contributed by atoms with Crippen molar-refractivity contribution in [3.63, 3.8) is 0 Å². The monoisotopic (exact) mass is 288 g/mol. The highest BCUT2D eigenvalue weighted by Crippen LogP contribution is 2.30. The van der Waals surface area contributed by atoms with Gasteiger partial charge < -0.3 is 9.88 Å². The van der Waals surface area contributed by atoms with E-state index in [1.165, 1.54) is 22.4 Å². The molecule has 1 fully saturated rings. The van der Waals surface area contributed by atoms with Gasteiger partial charge in [-0.1, -0.05) is 12.2 Å². The maximum atomic E-state index is 12.4. The molecule has 1 aliphatic carbocycles. The maximum absolute atomic E-state index is 12.4. The highest BCUT2D eigenvalue weighted by atomic mass is 32.1. The third-order valence-electron chi connectivity index (χ3n) is 3.62. The Kier molecular flexibility index (Phi) is 3.42. The highest BCUT2D eigenvalue weighted by Gasteiger charge is 2.23. The number of thiophene rings is 1. The summed E-state index contributed by atoms with van der Waals surface area (Å²) in [6, 6.07) is 4.17. The minimum absolute atomic E-state index is 0.0409. The van der Waals surface area contributed by atoms with Crippen LogP contribution < -0.4 is 5.32 Å². The molecule has 4 heteroatoms. The van der Waals surface area contributed by atoms with Gasteiger partial charge in [-0.05, 0) is 44.7 Å². The zero-order valence-electron chi connectivity index (χ0n) is 12.0. The normalized spacial score (nSPS) is 14.7. The van der Waals surface area contributed by atoms with Crippen LogP contribution in [0.3, 0.4) is 0 Å². The van der Waals surface area contributed by atoms with Crippen LogP contribution in [0.25, 0.3) is 10.2 Å². The zero-order chi connectivity index (χ0) is 14.3. The van der Waals surface area contributed by atoms with E-state index in [2.05, 4.69) is 29.5 Å². The lowest BCUT2D eigenvalue weighted by Gasteiger charge is -2.10. The van der Waals surface area contributed by atoms with Crippen molar-refractivity contribution in [3.8, 4) is 0 Å². The van der Waals surface area contributed by atoms with Gasteiger partial charge in [0.05, 0.1) is 10.2 Å². The molecular weight excluding hydrogens is 268 g/mol. The van der Waals surface area contributed by atoms with Crippen molar-refractivity contribution in [2.24, 2.45) is 5.92 Å². The van der Waals surface area contributed by atoms with Crippen LogP contribution in [0.5, 0.6) is 0 Å². The van der Waals surface area contributed by atoms with Crippen molar-refractivity contribution in [2.75, 3.05) is 6.54 Å². The van der Waals surface area contributed by atoms with Crippen LogP contribution in [0.4, 0.5) is 0 Å². The molecule has 2 heterocycles. The first-order valence-electron chi connectivity index (χ1n) is 7.07. The predicted molar refractivity (Wildman–Crippen MR) is 84.4 cm³/mol. The fourth-order valence-electron chi connectivity index (χ4n) is 2.44. The fourth-order valence-corrected chi connectivity index (χ4v) is 3.40. The third kappa shape index (κ3) is 2.66. The van der Waals surface area contributed by atoms with E-state index in [4.69, 9.17) is 0 Å². The second-order valence-electron chi connectivity index (χ2n) is 5.83. The Labute approximate surface area is 123 Å². The number of hydrogen-bond donors (Lipinski definition) is 1. The number of carbonyl (C=O) groups is 1. The molecule has 2 aromatic heterocycles. The van der Waals surface area contributed by atoms with Gasteiger partial charge in [0.2, 0.25) is 0 Å². The van der Waals surface area contributed by atoms with Crippen LogP contribution in [0, 0.1) is 12.8 Å². The molecule has 3 nitrogen and oxygen atoms in total. The number of aromatic nitrogens is 1. The van der Waals surface area contributed by atoms with Gasteiger partial charge in [0.25, 0.3) is 5.91 Å². The molecule has 0 aromatic carbocycles. The van der Waals surface area contributed by atoms with Gasteiger partial charge in [0, 0.05) is 18.0 Å². The number of allylic oxidation sites excluding steroid dienone is 1. The van der Waals surface area contributed by atoms with Crippen molar-refractivity contribution in [1.82, 2.24) is 9.88 Å². The molecule has 0 unspecified atom stereocenters. The highest BCUT2D eigenvalue weighted by molar-refractivity contribution is 7.19. The molecule has 1 saturated carbocycles. The molecule has 0 aliphatic heterocycles. The molecular formula is C16H20N2OS. The molecule has 3 rings (SSSR count). The summed E-state index contributed by atoms with van der Waals surface area (Å²) in [5, 5.41) is 3.06. The maximum Gasteiger partial charge on any atom is 0.267 e. The Morgan fingerprint density at radius 2 is 2.25 bits per heavy atom. The predicted octanol–water partition coefficient (Wildman–Crippen LogP) is 3.73. The molecule has 106 valence electrons. The molecule has 2 aromatic rings. The first-order chi connectivity index (χ1) is 9.54. The van der Waals surface area contributed by atoms with E-state index in [1.807, 2.05) is 13.0 Å². The lowest BCUT2D eigenvalue weighted by atomic mass is 10.3. The average Bonchev–Trinajstić information content (AvgIpc) is 3.06. The lowest BCUT2D eigenvalue weighted by Crippen LogP contribution is -2.27. The molecule has 20 heavy (non-hydrogen) atoms. The van der Waals surface area contributed by atoms with Crippen molar-refractivity contribution in [1.29, 1.82) is 0 Å². The van der Waals surface area contributed by atoms with Crippen molar-refractivity contribution >= 4 is 27.5 Å². The van der Waals surface area contributed by atoms with E-state index in [1.54, 1.807) is 11.3 Å². The summed E-state index contributed by atoms with van der Waals surface area (Å²) in [5.41, 5.74) is 2.96. The summed E-state index contributed by atoms with van der Waals surface area (Å²) < 4.78 is 3.27. The minimum atomic E-state index is 0.0409. The number of carbonyl (C=O) groups excluding carboxylic acids is 1. The van der Waals surface area contributed by atoms with Crippen LogP contribution in [0.1, 0.15) is 35.1 Å². The van der Waals surface area contributed by atoms with E-state index >= 15 is 0 Å². The Bertz CT molecular complexity index is 676. The number of rotatable bonds is 5. The topological polar surface area (TPSA) is 34.0 Å². The van der Waals surface area contributed by atoms with Gasteiger partial charge in [-0.15, -0.1) is 11.3 Å². The van der Waals surface area contributed by atoms with Crippen molar-refractivity contribution in [3.05, 3.63) is 34.9 Å². The summed E-state index contributed by atoms with van der Waals surface area (Å²) in [6.07, 6.45) is 2.50. The van der Waals surface area contributed by atoms with Gasteiger partial charge in [-0.25, -0.2) is 0 Å². The molecule has 0 saturated heterocycles. The first-order valence-corrected chi connectivity index (χ1v) is 7.88. The Balaban J connectivity index is 1.92. The van der Waals surface area contributed by atoms with Crippen LogP contribution in [-0.4, -0.2) is 17.0 Å². The minimum Gasteiger partial charge on any atom is -0.350 e. The van der Waals surface area contributed by atoms with Gasteiger partial charge in [-0.2, -0.15) is 0 Å². The largest absolute Gasteiger partial charge is 0.350 e.